The third kappa shape index (κ3) is 3.05. The molecule has 3 fully saturated rings. The number of hydrogen-bond donors (Lipinski definition) is 1. The largest absolute Gasteiger partial charge is 0.457 e. The normalized spacial score (nSPS) is 31.3. The van der Waals surface area contributed by atoms with E-state index in [1.165, 1.54) is 4.90 Å². The Hall–Kier alpha value is -3.41. The van der Waals surface area contributed by atoms with E-state index in [1.54, 1.807) is 24.3 Å². The van der Waals surface area contributed by atoms with Crippen LogP contribution in [0.2, 0.25) is 0 Å². The Morgan fingerprint density at radius 1 is 0.906 bits per heavy atom. The Morgan fingerprint density at radius 2 is 1.44 bits per heavy atom. The molecule has 3 amide bonds. The molecule has 0 spiro atoms. The van der Waals surface area contributed by atoms with Crippen LogP contribution < -0.4 is 10.1 Å². The first-order chi connectivity index (χ1) is 15.5. The summed E-state index contributed by atoms with van der Waals surface area (Å²) in [6, 6.07) is 14.8. The van der Waals surface area contributed by atoms with Crippen LogP contribution >= 0.6 is 0 Å². The Morgan fingerprint density at radius 3 is 2.00 bits per heavy atom. The predicted octanol–water partition coefficient (Wildman–Crippen LogP) is 3.78. The fourth-order valence-electron chi connectivity index (χ4n) is 5.87. The number of amides is 3. The Balaban J connectivity index is 1.09. The van der Waals surface area contributed by atoms with E-state index < -0.39 is 0 Å². The lowest BCUT2D eigenvalue weighted by molar-refractivity contribution is -0.142. The lowest BCUT2D eigenvalue weighted by atomic mass is 9.63. The Labute approximate surface area is 186 Å². The fraction of sp³-hybridized carbons (Fsp3) is 0.346. The molecule has 6 atom stereocenters. The molecule has 0 aromatic heterocycles. The molecular formula is C26H24N2O4. The molecule has 6 heteroatoms. The second-order valence-corrected chi connectivity index (χ2v) is 9.40. The summed E-state index contributed by atoms with van der Waals surface area (Å²) < 4.78 is 5.81. The molecule has 7 rings (SSSR count). The minimum Gasteiger partial charge on any atom is -0.457 e. The van der Waals surface area contributed by atoms with E-state index in [-0.39, 0.29) is 47.9 Å². The molecule has 2 aromatic carbocycles. The van der Waals surface area contributed by atoms with Crippen molar-refractivity contribution in [2.24, 2.45) is 35.5 Å². The first kappa shape index (κ1) is 19.3. The molecule has 5 aliphatic rings. The van der Waals surface area contributed by atoms with Crippen LogP contribution in [0.3, 0.4) is 0 Å². The monoisotopic (exact) mass is 428 g/mol. The van der Waals surface area contributed by atoms with Crippen LogP contribution in [-0.4, -0.2) is 29.2 Å². The van der Waals surface area contributed by atoms with E-state index in [9.17, 15) is 14.4 Å². The molecule has 2 aromatic rings. The molecule has 32 heavy (non-hydrogen) atoms. The highest BCUT2D eigenvalue weighted by molar-refractivity contribution is 6.09. The molecule has 0 unspecified atom stereocenters. The van der Waals surface area contributed by atoms with Gasteiger partial charge in [-0.2, -0.15) is 0 Å². The van der Waals surface area contributed by atoms with Gasteiger partial charge in [0.15, 0.2) is 0 Å². The van der Waals surface area contributed by atoms with Crippen molar-refractivity contribution in [2.75, 3.05) is 11.9 Å². The van der Waals surface area contributed by atoms with E-state index in [2.05, 4.69) is 17.5 Å². The van der Waals surface area contributed by atoms with E-state index in [0.717, 1.165) is 17.7 Å². The molecule has 1 heterocycles. The number of aryl methyl sites for hydroxylation is 1. The summed E-state index contributed by atoms with van der Waals surface area (Å²) in [7, 11) is 0. The average molecular weight is 428 g/mol. The van der Waals surface area contributed by atoms with Crippen molar-refractivity contribution in [3.63, 3.8) is 0 Å². The summed E-state index contributed by atoms with van der Waals surface area (Å²) >= 11 is 0. The van der Waals surface area contributed by atoms with E-state index in [0.29, 0.717) is 23.3 Å². The maximum Gasteiger partial charge on any atom is 0.244 e. The van der Waals surface area contributed by atoms with Crippen molar-refractivity contribution in [2.45, 2.75) is 13.3 Å². The minimum absolute atomic E-state index is 0.167. The van der Waals surface area contributed by atoms with E-state index in [4.69, 9.17) is 4.74 Å². The molecule has 4 aliphatic carbocycles. The number of hydrogen-bond acceptors (Lipinski definition) is 4. The quantitative estimate of drug-likeness (QED) is 0.581. The number of benzene rings is 2. The summed E-state index contributed by atoms with van der Waals surface area (Å²) in [5.74, 6) is 1.56. The van der Waals surface area contributed by atoms with Crippen LogP contribution in [0.4, 0.5) is 5.69 Å². The number of likely N-dealkylation sites (tertiary alicyclic amines) is 1. The summed E-state index contributed by atoms with van der Waals surface area (Å²) in [5.41, 5.74) is 1.75. The second-order valence-electron chi connectivity index (χ2n) is 9.40. The number of ether oxygens (including phenoxy) is 1. The molecule has 0 radical (unpaired) electrons. The van der Waals surface area contributed by atoms with Gasteiger partial charge in [-0.05, 0) is 73.4 Å². The van der Waals surface area contributed by atoms with Crippen molar-refractivity contribution < 1.29 is 19.1 Å². The predicted molar refractivity (Wildman–Crippen MR) is 118 cm³/mol. The Bertz CT molecular complexity index is 1100. The first-order valence-electron chi connectivity index (χ1n) is 11.2. The molecular weight excluding hydrogens is 404 g/mol. The third-order valence-electron chi connectivity index (χ3n) is 7.45. The zero-order valence-electron chi connectivity index (χ0n) is 17.7. The lowest BCUT2D eigenvalue weighted by Gasteiger charge is -2.37. The second kappa shape index (κ2) is 7.05. The number of anilines is 1. The molecule has 1 N–H and O–H groups in total. The van der Waals surface area contributed by atoms with Crippen molar-refractivity contribution >= 4 is 23.4 Å². The molecule has 6 nitrogen and oxygen atoms in total. The van der Waals surface area contributed by atoms with E-state index in [1.807, 2.05) is 31.2 Å². The summed E-state index contributed by atoms with van der Waals surface area (Å²) in [5, 5.41) is 2.79. The van der Waals surface area contributed by atoms with Gasteiger partial charge in [0.05, 0.1) is 11.8 Å². The number of imide groups is 1. The fourth-order valence-corrected chi connectivity index (χ4v) is 5.87. The SMILES string of the molecule is Cc1ccc(Oc2ccc(NC(=O)CN3C(=O)[C@@H]4[C@H]5C=C[C@@H]([C@@H]6C[C@H]56)[C@H]4C3=O)cc2)cc1. The van der Waals surface area contributed by atoms with Gasteiger partial charge < -0.3 is 10.1 Å². The molecule has 1 saturated heterocycles. The summed E-state index contributed by atoms with van der Waals surface area (Å²) in [6.07, 6.45) is 5.39. The number of rotatable bonds is 5. The molecule has 2 saturated carbocycles. The van der Waals surface area contributed by atoms with E-state index >= 15 is 0 Å². The van der Waals surface area contributed by atoms with Gasteiger partial charge in [0.25, 0.3) is 0 Å². The van der Waals surface area contributed by atoms with Gasteiger partial charge in [-0.3, -0.25) is 19.3 Å². The molecule has 2 bridgehead atoms. The third-order valence-corrected chi connectivity index (χ3v) is 7.45. The standard InChI is InChI=1S/C26H24N2O4/c1-14-2-6-16(7-3-14)32-17-8-4-15(5-9-17)27-22(29)13-28-25(30)23-18-10-11-19(21-12-20(18)21)24(23)26(28)31/h2-11,18-21,23-24H,12-13H2,1H3,(H,27,29)/t18-,19-,20-,21+,23+,24+/m0/s1. The van der Waals surface area contributed by atoms with Gasteiger partial charge in [-0.15, -0.1) is 0 Å². The zero-order valence-corrected chi connectivity index (χ0v) is 17.7. The van der Waals surface area contributed by atoms with Crippen LogP contribution in [0.25, 0.3) is 0 Å². The van der Waals surface area contributed by atoms with Crippen LogP contribution in [-0.2, 0) is 14.4 Å². The maximum atomic E-state index is 13.0. The topological polar surface area (TPSA) is 75.7 Å². The van der Waals surface area contributed by atoms with Crippen molar-refractivity contribution in [1.29, 1.82) is 0 Å². The highest BCUT2D eigenvalue weighted by atomic mass is 16.5. The van der Waals surface area contributed by atoms with Gasteiger partial charge in [0, 0.05) is 5.69 Å². The summed E-state index contributed by atoms with van der Waals surface area (Å²) in [6.45, 7) is 1.78. The zero-order chi connectivity index (χ0) is 22.0. The number of allylic oxidation sites excluding steroid dienone is 2. The van der Waals surface area contributed by atoms with Crippen molar-refractivity contribution in [1.82, 2.24) is 4.90 Å². The Kier molecular flexibility index (Phi) is 4.25. The van der Waals surface area contributed by atoms with Gasteiger partial charge in [-0.1, -0.05) is 29.8 Å². The van der Waals surface area contributed by atoms with Gasteiger partial charge >= 0.3 is 0 Å². The lowest BCUT2D eigenvalue weighted by Crippen LogP contribution is -2.40. The van der Waals surface area contributed by atoms with Crippen LogP contribution in [0.1, 0.15) is 12.0 Å². The highest BCUT2D eigenvalue weighted by Crippen LogP contribution is 2.65. The number of nitrogens with zero attached hydrogens (tertiary/aromatic N) is 1. The molecule has 162 valence electrons. The number of nitrogens with one attached hydrogen (secondary N) is 1. The number of carbonyl (C=O) groups is 3. The number of carbonyl (C=O) groups excluding carboxylic acids is 3. The molecule has 1 aliphatic heterocycles. The van der Waals surface area contributed by atoms with Crippen molar-refractivity contribution in [3.05, 3.63) is 66.2 Å². The average Bonchev–Trinajstić information content (AvgIpc) is 3.58. The van der Waals surface area contributed by atoms with Gasteiger partial charge in [0.2, 0.25) is 17.7 Å². The van der Waals surface area contributed by atoms with Crippen LogP contribution in [0, 0.1) is 42.4 Å². The van der Waals surface area contributed by atoms with Crippen molar-refractivity contribution in [3.8, 4) is 11.5 Å². The van der Waals surface area contributed by atoms with Gasteiger partial charge in [0.1, 0.15) is 18.0 Å². The highest BCUT2D eigenvalue weighted by Gasteiger charge is 2.67. The van der Waals surface area contributed by atoms with Crippen LogP contribution in [0.5, 0.6) is 11.5 Å². The minimum atomic E-state index is -0.372. The van der Waals surface area contributed by atoms with Gasteiger partial charge in [-0.25, -0.2) is 0 Å². The van der Waals surface area contributed by atoms with Crippen LogP contribution in [0.15, 0.2) is 60.7 Å². The smallest absolute Gasteiger partial charge is 0.244 e. The summed E-state index contributed by atoms with van der Waals surface area (Å²) in [4.78, 5) is 39.8. The maximum absolute atomic E-state index is 13.0. The first-order valence-corrected chi connectivity index (χ1v) is 11.2.